The van der Waals surface area contributed by atoms with E-state index >= 15 is 0 Å². The van der Waals surface area contributed by atoms with Crippen LogP contribution in [0.2, 0.25) is 0 Å². The van der Waals surface area contributed by atoms with Crippen molar-refractivity contribution in [1.29, 1.82) is 0 Å². The third kappa shape index (κ3) is 2.11. The van der Waals surface area contributed by atoms with Gasteiger partial charge in [-0.2, -0.15) is 14.6 Å². The van der Waals surface area contributed by atoms with Crippen molar-refractivity contribution in [3.8, 4) is 0 Å². The first-order chi connectivity index (χ1) is 10.6. The molecule has 4 rings (SSSR count). The van der Waals surface area contributed by atoms with E-state index in [0.717, 1.165) is 29.1 Å². The quantitative estimate of drug-likeness (QED) is 0.807. The number of hydrogen-bond donors (Lipinski definition) is 1. The number of nitrogens with zero attached hydrogens (tertiary/aromatic N) is 4. The first-order valence-corrected chi connectivity index (χ1v) is 7.32. The molecule has 1 saturated carbocycles. The molecule has 5 nitrogen and oxygen atoms in total. The molecule has 1 N–H and O–H groups in total. The lowest BCUT2D eigenvalue weighted by atomic mass is 10.1. The highest BCUT2D eigenvalue weighted by Crippen LogP contribution is 2.43. The summed E-state index contributed by atoms with van der Waals surface area (Å²) in [7, 11) is 0. The molecule has 2 heterocycles. The second kappa shape index (κ2) is 4.76. The maximum absolute atomic E-state index is 13.0. The molecule has 0 aliphatic heterocycles. The highest BCUT2D eigenvalue weighted by Gasteiger charge is 2.39. The smallest absolute Gasteiger partial charge is 0.254 e. The van der Waals surface area contributed by atoms with E-state index in [-0.39, 0.29) is 5.82 Å². The van der Waals surface area contributed by atoms with Gasteiger partial charge in [-0.15, -0.1) is 0 Å². The Morgan fingerprint density at radius 1 is 1.23 bits per heavy atom. The molecular formula is C16H16FN5. The fourth-order valence-electron chi connectivity index (χ4n) is 2.81. The van der Waals surface area contributed by atoms with Gasteiger partial charge in [0.25, 0.3) is 5.78 Å². The van der Waals surface area contributed by atoms with E-state index in [4.69, 9.17) is 0 Å². The first kappa shape index (κ1) is 13.2. The van der Waals surface area contributed by atoms with Crippen LogP contribution in [0.25, 0.3) is 5.78 Å². The molecule has 0 saturated heterocycles. The van der Waals surface area contributed by atoms with Gasteiger partial charge in [0.15, 0.2) is 0 Å². The van der Waals surface area contributed by atoms with Crippen LogP contribution in [-0.4, -0.2) is 25.6 Å². The third-order valence-electron chi connectivity index (χ3n) is 4.32. The maximum atomic E-state index is 13.0. The summed E-state index contributed by atoms with van der Waals surface area (Å²) in [5.41, 5.74) is 3.18. The molecule has 2 aromatic heterocycles. The van der Waals surface area contributed by atoms with E-state index in [1.54, 1.807) is 4.52 Å². The molecule has 0 bridgehead atoms. The Bertz CT molecular complexity index is 840. The number of rotatable bonds is 3. The van der Waals surface area contributed by atoms with Gasteiger partial charge in [-0.1, -0.05) is 12.1 Å². The lowest BCUT2D eigenvalue weighted by Crippen LogP contribution is -2.12. The molecule has 22 heavy (non-hydrogen) atoms. The van der Waals surface area contributed by atoms with E-state index < -0.39 is 0 Å². The van der Waals surface area contributed by atoms with Crippen LogP contribution in [0.4, 0.5) is 10.2 Å². The molecule has 1 aromatic carbocycles. The molecule has 1 aliphatic rings. The normalized spacial score (nSPS) is 20.3. The third-order valence-corrected chi connectivity index (χ3v) is 4.32. The summed E-state index contributed by atoms with van der Waals surface area (Å²) in [6.07, 6.45) is 2.54. The van der Waals surface area contributed by atoms with Gasteiger partial charge in [0.2, 0.25) is 0 Å². The standard InChI is InChI=1S/C16H16FN5/c1-9-10(2)20-16-18-8-19-22(16)15(9)21-14-7-13(14)11-3-5-12(17)6-4-11/h3-6,8,13-14,21H,7H2,1-2H3/t13-,14+/m0/s1. The van der Waals surface area contributed by atoms with Crippen molar-refractivity contribution in [2.45, 2.75) is 32.2 Å². The van der Waals surface area contributed by atoms with E-state index in [1.807, 2.05) is 26.0 Å². The summed E-state index contributed by atoms with van der Waals surface area (Å²) in [6.45, 7) is 4.00. The molecule has 1 aliphatic carbocycles. The fourth-order valence-corrected chi connectivity index (χ4v) is 2.81. The average Bonchev–Trinajstić information content (AvgIpc) is 3.12. The summed E-state index contributed by atoms with van der Waals surface area (Å²) in [5, 5.41) is 7.79. The number of nitrogens with one attached hydrogen (secondary N) is 1. The summed E-state index contributed by atoms with van der Waals surface area (Å²) in [5.74, 6) is 1.75. The van der Waals surface area contributed by atoms with Crippen molar-refractivity contribution in [2.75, 3.05) is 5.32 Å². The summed E-state index contributed by atoms with van der Waals surface area (Å²) < 4.78 is 14.7. The van der Waals surface area contributed by atoms with Gasteiger partial charge < -0.3 is 5.32 Å². The van der Waals surface area contributed by atoms with Crippen LogP contribution in [0.15, 0.2) is 30.6 Å². The largest absolute Gasteiger partial charge is 0.366 e. The highest BCUT2D eigenvalue weighted by atomic mass is 19.1. The highest BCUT2D eigenvalue weighted by molar-refractivity contribution is 5.54. The maximum Gasteiger partial charge on any atom is 0.254 e. The van der Waals surface area contributed by atoms with Gasteiger partial charge in [0.05, 0.1) is 0 Å². The van der Waals surface area contributed by atoms with Crippen LogP contribution in [-0.2, 0) is 0 Å². The predicted octanol–water partition coefficient (Wildman–Crippen LogP) is 2.85. The molecule has 0 radical (unpaired) electrons. The number of halogens is 1. The van der Waals surface area contributed by atoms with Crippen LogP contribution in [0, 0.1) is 19.7 Å². The zero-order valence-electron chi connectivity index (χ0n) is 12.4. The Kier molecular flexibility index (Phi) is 2.85. The van der Waals surface area contributed by atoms with Crippen molar-refractivity contribution in [3.05, 3.63) is 53.2 Å². The molecule has 0 unspecified atom stereocenters. The summed E-state index contributed by atoms with van der Waals surface area (Å²) in [4.78, 5) is 8.57. The Hall–Kier alpha value is -2.50. The number of aromatic nitrogens is 4. The molecule has 6 heteroatoms. The molecule has 112 valence electrons. The Morgan fingerprint density at radius 2 is 2.00 bits per heavy atom. The minimum Gasteiger partial charge on any atom is -0.366 e. The Morgan fingerprint density at radius 3 is 2.77 bits per heavy atom. The van der Waals surface area contributed by atoms with Crippen molar-refractivity contribution >= 4 is 11.6 Å². The molecule has 1 fully saturated rings. The van der Waals surface area contributed by atoms with Gasteiger partial charge in [-0.3, -0.25) is 0 Å². The fraction of sp³-hybridized carbons (Fsp3) is 0.312. The van der Waals surface area contributed by atoms with Crippen molar-refractivity contribution in [3.63, 3.8) is 0 Å². The lowest BCUT2D eigenvalue weighted by molar-refractivity contribution is 0.627. The van der Waals surface area contributed by atoms with Crippen molar-refractivity contribution in [2.24, 2.45) is 0 Å². The molecule has 3 aromatic rings. The number of anilines is 1. The second-order valence-electron chi connectivity index (χ2n) is 5.79. The van der Waals surface area contributed by atoms with Crippen LogP contribution in [0.1, 0.15) is 29.2 Å². The molecule has 0 amide bonds. The van der Waals surface area contributed by atoms with Crippen LogP contribution >= 0.6 is 0 Å². The van der Waals surface area contributed by atoms with E-state index in [0.29, 0.717) is 17.7 Å². The zero-order chi connectivity index (χ0) is 15.3. The van der Waals surface area contributed by atoms with Gasteiger partial charge in [0, 0.05) is 23.2 Å². The van der Waals surface area contributed by atoms with Crippen molar-refractivity contribution in [1.82, 2.24) is 19.6 Å². The SMILES string of the molecule is Cc1nc2ncnn2c(N[C@@H]2C[C@H]2c2ccc(F)cc2)c1C. The molecule has 0 spiro atoms. The second-order valence-corrected chi connectivity index (χ2v) is 5.79. The van der Waals surface area contributed by atoms with Gasteiger partial charge in [0.1, 0.15) is 18.0 Å². The van der Waals surface area contributed by atoms with Crippen LogP contribution in [0.3, 0.4) is 0 Å². The number of hydrogen-bond acceptors (Lipinski definition) is 4. The monoisotopic (exact) mass is 297 g/mol. The minimum absolute atomic E-state index is 0.196. The zero-order valence-corrected chi connectivity index (χ0v) is 12.4. The number of benzene rings is 1. The average molecular weight is 297 g/mol. The number of fused-ring (bicyclic) bond motifs is 1. The topological polar surface area (TPSA) is 55.1 Å². The van der Waals surface area contributed by atoms with E-state index in [1.165, 1.54) is 18.5 Å². The lowest BCUT2D eigenvalue weighted by Gasteiger charge is -2.12. The van der Waals surface area contributed by atoms with Gasteiger partial charge in [-0.25, -0.2) is 9.37 Å². The Balaban J connectivity index is 1.61. The first-order valence-electron chi connectivity index (χ1n) is 7.32. The number of aryl methyl sites for hydroxylation is 1. The van der Waals surface area contributed by atoms with Crippen molar-refractivity contribution < 1.29 is 4.39 Å². The van der Waals surface area contributed by atoms with Crippen LogP contribution in [0.5, 0.6) is 0 Å². The van der Waals surface area contributed by atoms with Crippen LogP contribution < -0.4 is 5.32 Å². The Labute approximate surface area is 127 Å². The minimum atomic E-state index is -0.196. The van der Waals surface area contributed by atoms with E-state index in [2.05, 4.69) is 20.4 Å². The molecule has 2 atom stereocenters. The van der Waals surface area contributed by atoms with Gasteiger partial charge >= 0.3 is 0 Å². The summed E-state index contributed by atoms with van der Waals surface area (Å²) in [6, 6.07) is 7.08. The predicted molar refractivity (Wildman–Crippen MR) is 81.4 cm³/mol. The van der Waals surface area contributed by atoms with Gasteiger partial charge in [-0.05, 0) is 38.0 Å². The summed E-state index contributed by atoms with van der Waals surface area (Å²) >= 11 is 0. The van der Waals surface area contributed by atoms with E-state index in [9.17, 15) is 4.39 Å². The molecular weight excluding hydrogens is 281 g/mol.